The van der Waals surface area contributed by atoms with Gasteiger partial charge in [-0.05, 0) is 35.9 Å². The zero-order valence-corrected chi connectivity index (χ0v) is 12.6. The van der Waals surface area contributed by atoms with Gasteiger partial charge in [-0.3, -0.25) is 0 Å². The molecule has 0 saturated carbocycles. The van der Waals surface area contributed by atoms with Crippen molar-refractivity contribution < 1.29 is 23.0 Å². The second-order valence-electron chi connectivity index (χ2n) is 4.88. The van der Waals surface area contributed by atoms with E-state index in [9.17, 15) is 13.2 Å². The fraction of sp³-hybridized carbons (Fsp3) is 0.188. The number of aromatic nitrogens is 1. The monoisotopic (exact) mass is 339 g/mol. The molecule has 0 atom stereocenters. The second-order valence-corrected chi connectivity index (χ2v) is 6.00. The van der Waals surface area contributed by atoms with Crippen molar-refractivity contribution in [2.45, 2.75) is 19.4 Å². The summed E-state index contributed by atoms with van der Waals surface area (Å²) >= 11 is 1.29. The van der Waals surface area contributed by atoms with Gasteiger partial charge in [-0.1, -0.05) is 12.1 Å². The summed E-state index contributed by atoms with van der Waals surface area (Å²) in [5.74, 6) is 0.576. The van der Waals surface area contributed by atoms with E-state index in [0.29, 0.717) is 21.0 Å². The Morgan fingerprint density at radius 2 is 1.96 bits per heavy atom. The molecular weight excluding hydrogens is 327 g/mol. The summed E-state index contributed by atoms with van der Waals surface area (Å²) in [6.45, 7) is 0.0775. The Hall–Kier alpha value is -2.12. The van der Waals surface area contributed by atoms with Crippen LogP contribution < -0.4 is 4.74 Å². The Labute approximate surface area is 134 Å². The summed E-state index contributed by atoms with van der Waals surface area (Å²) in [6, 6.07) is 10.5. The number of hydrogen-bond donors (Lipinski definition) is 1. The van der Waals surface area contributed by atoms with Crippen LogP contribution in [0.15, 0.2) is 42.5 Å². The summed E-state index contributed by atoms with van der Waals surface area (Å²) in [7, 11) is 0. The second kappa shape index (κ2) is 6.17. The zero-order valence-electron chi connectivity index (χ0n) is 11.8. The lowest BCUT2D eigenvalue weighted by atomic mass is 10.2. The third-order valence-corrected chi connectivity index (χ3v) is 4.21. The van der Waals surface area contributed by atoms with Crippen LogP contribution in [0.3, 0.4) is 0 Å². The maximum Gasteiger partial charge on any atom is 0.416 e. The van der Waals surface area contributed by atoms with Crippen molar-refractivity contribution in [3.05, 3.63) is 58.6 Å². The molecule has 0 aliphatic rings. The lowest BCUT2D eigenvalue weighted by molar-refractivity contribution is -0.137. The SMILES string of the molecule is OCc1cccc(OCc2nc3cc(C(F)(F)F)ccc3s2)c1. The van der Waals surface area contributed by atoms with E-state index in [-0.39, 0.29) is 13.2 Å². The summed E-state index contributed by atoms with van der Waals surface area (Å²) in [6.07, 6.45) is -4.38. The van der Waals surface area contributed by atoms with Gasteiger partial charge in [0.1, 0.15) is 17.4 Å². The molecule has 23 heavy (non-hydrogen) atoms. The number of nitrogens with zero attached hydrogens (tertiary/aromatic N) is 1. The summed E-state index contributed by atoms with van der Waals surface area (Å²) in [4.78, 5) is 4.19. The van der Waals surface area contributed by atoms with E-state index in [1.54, 1.807) is 24.3 Å². The van der Waals surface area contributed by atoms with Crippen LogP contribution in [0, 0.1) is 0 Å². The van der Waals surface area contributed by atoms with Gasteiger partial charge in [0, 0.05) is 0 Å². The topological polar surface area (TPSA) is 42.4 Å². The molecule has 0 fully saturated rings. The number of alkyl halides is 3. The minimum absolute atomic E-state index is 0.0848. The van der Waals surface area contributed by atoms with Crippen LogP contribution in [0.25, 0.3) is 10.2 Å². The lowest BCUT2D eigenvalue weighted by Gasteiger charge is -2.05. The smallest absolute Gasteiger partial charge is 0.416 e. The average molecular weight is 339 g/mol. The highest BCUT2D eigenvalue weighted by Crippen LogP contribution is 2.33. The lowest BCUT2D eigenvalue weighted by Crippen LogP contribution is -2.04. The van der Waals surface area contributed by atoms with Gasteiger partial charge in [0.05, 0.1) is 22.4 Å². The summed E-state index contributed by atoms with van der Waals surface area (Å²) in [5, 5.41) is 9.67. The molecule has 0 aliphatic carbocycles. The Morgan fingerprint density at radius 3 is 2.70 bits per heavy atom. The van der Waals surface area contributed by atoms with Gasteiger partial charge in [0.15, 0.2) is 0 Å². The highest BCUT2D eigenvalue weighted by molar-refractivity contribution is 7.18. The molecule has 7 heteroatoms. The first kappa shape index (κ1) is 15.8. The minimum Gasteiger partial charge on any atom is -0.486 e. The molecule has 3 nitrogen and oxygen atoms in total. The third kappa shape index (κ3) is 3.62. The van der Waals surface area contributed by atoms with Crippen LogP contribution >= 0.6 is 11.3 Å². The van der Waals surface area contributed by atoms with Crippen molar-refractivity contribution >= 4 is 21.6 Å². The highest BCUT2D eigenvalue weighted by atomic mass is 32.1. The van der Waals surface area contributed by atoms with Crippen LogP contribution in [-0.2, 0) is 19.4 Å². The van der Waals surface area contributed by atoms with E-state index in [4.69, 9.17) is 9.84 Å². The molecule has 0 unspecified atom stereocenters. The first-order valence-electron chi connectivity index (χ1n) is 6.75. The molecule has 0 radical (unpaired) electrons. The van der Waals surface area contributed by atoms with Crippen molar-refractivity contribution in [3.8, 4) is 5.75 Å². The highest BCUT2D eigenvalue weighted by Gasteiger charge is 2.30. The summed E-state index contributed by atoms with van der Waals surface area (Å²) in [5.41, 5.74) is 0.326. The Balaban J connectivity index is 1.78. The molecule has 3 aromatic rings. The van der Waals surface area contributed by atoms with Gasteiger partial charge >= 0.3 is 6.18 Å². The number of rotatable bonds is 4. The normalized spacial score (nSPS) is 11.8. The molecule has 0 saturated heterocycles. The minimum atomic E-state index is -4.38. The van der Waals surface area contributed by atoms with Crippen LogP contribution in [-0.4, -0.2) is 10.1 Å². The number of aliphatic hydroxyl groups excluding tert-OH is 1. The van der Waals surface area contributed by atoms with Crippen molar-refractivity contribution in [2.24, 2.45) is 0 Å². The van der Waals surface area contributed by atoms with Gasteiger partial charge in [0.25, 0.3) is 0 Å². The number of benzene rings is 2. The first-order chi connectivity index (χ1) is 11.0. The average Bonchev–Trinajstić information content (AvgIpc) is 2.94. The van der Waals surface area contributed by atoms with E-state index in [1.807, 2.05) is 0 Å². The molecule has 1 heterocycles. The van der Waals surface area contributed by atoms with E-state index >= 15 is 0 Å². The van der Waals surface area contributed by atoms with Crippen LogP contribution in [0.1, 0.15) is 16.1 Å². The van der Waals surface area contributed by atoms with Crippen molar-refractivity contribution in [1.29, 1.82) is 0 Å². The first-order valence-corrected chi connectivity index (χ1v) is 7.56. The molecule has 120 valence electrons. The number of hydrogen-bond acceptors (Lipinski definition) is 4. The largest absolute Gasteiger partial charge is 0.486 e. The molecule has 3 rings (SSSR count). The van der Waals surface area contributed by atoms with Crippen LogP contribution in [0.5, 0.6) is 5.75 Å². The number of thiazole rings is 1. The van der Waals surface area contributed by atoms with Crippen molar-refractivity contribution in [2.75, 3.05) is 0 Å². The van der Waals surface area contributed by atoms with Crippen LogP contribution in [0.4, 0.5) is 13.2 Å². The van der Waals surface area contributed by atoms with Crippen LogP contribution in [0.2, 0.25) is 0 Å². The molecule has 2 aromatic carbocycles. The maximum absolute atomic E-state index is 12.7. The van der Waals surface area contributed by atoms with Crippen molar-refractivity contribution in [1.82, 2.24) is 4.98 Å². The molecule has 0 spiro atoms. The van der Waals surface area contributed by atoms with Gasteiger partial charge in [0.2, 0.25) is 0 Å². The quantitative estimate of drug-likeness (QED) is 0.767. The van der Waals surface area contributed by atoms with Gasteiger partial charge in [-0.15, -0.1) is 11.3 Å². The number of halogens is 3. The number of fused-ring (bicyclic) bond motifs is 1. The Morgan fingerprint density at radius 1 is 1.13 bits per heavy atom. The standard InChI is InChI=1S/C16H12F3NO2S/c17-16(18,19)11-4-5-14-13(7-11)20-15(23-14)9-22-12-3-1-2-10(6-12)8-21/h1-7,21H,8-9H2. The zero-order chi connectivity index (χ0) is 16.4. The number of aliphatic hydroxyl groups is 1. The van der Waals surface area contributed by atoms with Gasteiger partial charge < -0.3 is 9.84 Å². The van der Waals surface area contributed by atoms with Crippen molar-refractivity contribution in [3.63, 3.8) is 0 Å². The van der Waals surface area contributed by atoms with E-state index < -0.39 is 11.7 Å². The maximum atomic E-state index is 12.7. The molecule has 0 amide bonds. The predicted octanol–water partition coefficient (Wildman–Crippen LogP) is 4.39. The molecule has 0 bridgehead atoms. The molecule has 1 aromatic heterocycles. The summed E-state index contributed by atoms with van der Waals surface area (Å²) < 4.78 is 44.3. The van der Waals surface area contributed by atoms with E-state index in [0.717, 1.165) is 17.7 Å². The Kier molecular flexibility index (Phi) is 4.23. The third-order valence-electron chi connectivity index (χ3n) is 3.20. The molecule has 1 N–H and O–H groups in total. The fourth-order valence-electron chi connectivity index (χ4n) is 2.09. The number of ether oxygens (including phenoxy) is 1. The predicted molar refractivity (Wildman–Crippen MR) is 81.3 cm³/mol. The van der Waals surface area contributed by atoms with Gasteiger partial charge in [-0.2, -0.15) is 13.2 Å². The van der Waals surface area contributed by atoms with E-state index in [2.05, 4.69) is 4.98 Å². The van der Waals surface area contributed by atoms with E-state index in [1.165, 1.54) is 17.4 Å². The Bertz CT molecular complexity index is 830. The molecule has 0 aliphatic heterocycles. The molecular formula is C16H12F3NO2S. The van der Waals surface area contributed by atoms with Gasteiger partial charge in [-0.25, -0.2) is 4.98 Å². The fourth-order valence-corrected chi connectivity index (χ4v) is 2.95.